The fraction of sp³-hybridized carbons (Fsp3) is 0.0714. The number of fused-ring (bicyclic) bond motifs is 2. The number of aryl methyl sites for hydroxylation is 1. The molecule has 0 spiro atoms. The molecule has 6 nitrogen and oxygen atoms in total. The lowest BCUT2D eigenvalue weighted by molar-refractivity contribution is 0.0686. The third-order valence-corrected chi connectivity index (χ3v) is 3.18. The summed E-state index contributed by atoms with van der Waals surface area (Å²) < 4.78 is 6.61. The summed E-state index contributed by atoms with van der Waals surface area (Å²) in [6.45, 7) is 0. The lowest BCUT2D eigenvalue weighted by Crippen LogP contribution is -2.20. The van der Waals surface area contributed by atoms with Crippen LogP contribution in [0.1, 0.15) is 10.5 Å². The number of benzene rings is 1. The van der Waals surface area contributed by atoms with Crippen molar-refractivity contribution in [2.24, 2.45) is 7.05 Å². The Morgan fingerprint density at radius 3 is 2.65 bits per heavy atom. The lowest BCUT2D eigenvalue weighted by Gasteiger charge is -2.08. The van der Waals surface area contributed by atoms with E-state index < -0.39 is 16.8 Å². The molecule has 0 unspecified atom stereocenters. The molecule has 2 aromatic heterocycles. The second kappa shape index (κ2) is 4.06. The highest BCUT2D eigenvalue weighted by atomic mass is 16.4. The molecule has 0 aliphatic heterocycles. The van der Waals surface area contributed by atoms with Gasteiger partial charge in [-0.25, -0.2) is 4.79 Å². The van der Waals surface area contributed by atoms with Crippen LogP contribution in [0.15, 0.2) is 44.3 Å². The van der Waals surface area contributed by atoms with Crippen molar-refractivity contribution in [3.63, 3.8) is 0 Å². The van der Waals surface area contributed by atoms with Crippen molar-refractivity contribution < 1.29 is 14.3 Å². The van der Waals surface area contributed by atoms with Crippen LogP contribution in [0.4, 0.5) is 0 Å². The summed E-state index contributed by atoms with van der Waals surface area (Å²) in [5.41, 5.74) is -1.20. The van der Waals surface area contributed by atoms with Crippen LogP contribution in [0.25, 0.3) is 22.1 Å². The molecule has 2 heterocycles. The minimum absolute atomic E-state index is 0.0476. The molecule has 0 radical (unpaired) electrons. The predicted octanol–water partition coefficient (Wildman–Crippen LogP) is 1.34. The summed E-state index contributed by atoms with van der Waals surface area (Å²) in [5, 5.41) is 9.36. The van der Waals surface area contributed by atoms with Crippen LogP contribution in [0.3, 0.4) is 0 Å². The average Bonchev–Trinajstić information content (AvgIpc) is 2.42. The SMILES string of the molecule is Cn1c(C(=O)O)cc(=O)c2oc3ccccc3c(=O)c21. The van der Waals surface area contributed by atoms with E-state index in [2.05, 4.69) is 0 Å². The van der Waals surface area contributed by atoms with E-state index in [1.54, 1.807) is 24.3 Å². The Hall–Kier alpha value is -2.89. The minimum atomic E-state index is -1.28. The van der Waals surface area contributed by atoms with Crippen LogP contribution >= 0.6 is 0 Å². The number of aromatic nitrogens is 1. The molecule has 6 heteroatoms. The summed E-state index contributed by atoms with van der Waals surface area (Å²) in [5.74, 6) is -1.28. The predicted molar refractivity (Wildman–Crippen MR) is 72.2 cm³/mol. The molecule has 20 heavy (non-hydrogen) atoms. The summed E-state index contributed by atoms with van der Waals surface area (Å²) in [6, 6.07) is 7.46. The fourth-order valence-corrected chi connectivity index (χ4v) is 2.22. The van der Waals surface area contributed by atoms with Gasteiger partial charge in [0.15, 0.2) is 0 Å². The van der Waals surface area contributed by atoms with Gasteiger partial charge < -0.3 is 14.1 Å². The van der Waals surface area contributed by atoms with Crippen LogP contribution < -0.4 is 10.9 Å². The first-order valence-electron chi connectivity index (χ1n) is 5.79. The maximum atomic E-state index is 12.4. The van der Waals surface area contributed by atoms with E-state index in [-0.39, 0.29) is 16.8 Å². The van der Waals surface area contributed by atoms with E-state index >= 15 is 0 Å². The van der Waals surface area contributed by atoms with Gasteiger partial charge in [0, 0.05) is 13.1 Å². The van der Waals surface area contributed by atoms with E-state index in [1.807, 2.05) is 0 Å². The van der Waals surface area contributed by atoms with E-state index in [9.17, 15) is 14.4 Å². The van der Waals surface area contributed by atoms with Crippen molar-refractivity contribution in [3.8, 4) is 0 Å². The quantitative estimate of drug-likeness (QED) is 0.674. The van der Waals surface area contributed by atoms with Gasteiger partial charge in [-0.2, -0.15) is 0 Å². The molecule has 0 fully saturated rings. The first-order chi connectivity index (χ1) is 9.50. The molecular weight excluding hydrogens is 262 g/mol. The van der Waals surface area contributed by atoms with Crippen molar-refractivity contribution in [2.45, 2.75) is 0 Å². The zero-order valence-corrected chi connectivity index (χ0v) is 10.4. The number of carboxylic acids is 1. The Labute approximate surface area is 111 Å². The molecule has 1 N–H and O–H groups in total. The summed E-state index contributed by atoms with van der Waals surface area (Å²) in [4.78, 5) is 35.5. The Morgan fingerprint density at radius 1 is 1.25 bits per heavy atom. The third-order valence-electron chi connectivity index (χ3n) is 3.18. The van der Waals surface area contributed by atoms with Crippen molar-refractivity contribution in [3.05, 3.63) is 56.5 Å². The molecule has 0 saturated heterocycles. The summed E-state index contributed by atoms with van der Waals surface area (Å²) >= 11 is 0. The first kappa shape index (κ1) is 12.2. The standard InChI is InChI=1S/C14H9NO5/c1-15-8(14(18)19)6-9(16)13-11(15)12(17)7-4-2-3-5-10(7)20-13/h2-6H,1H3,(H,18,19). The summed E-state index contributed by atoms with van der Waals surface area (Å²) in [6.07, 6.45) is 0. The number of aromatic carboxylic acids is 1. The number of nitrogens with zero attached hydrogens (tertiary/aromatic N) is 1. The average molecular weight is 271 g/mol. The van der Waals surface area contributed by atoms with Crippen LogP contribution in [-0.2, 0) is 7.05 Å². The molecule has 0 aliphatic carbocycles. The lowest BCUT2D eigenvalue weighted by atomic mass is 10.2. The van der Waals surface area contributed by atoms with Crippen LogP contribution in [0.2, 0.25) is 0 Å². The topological polar surface area (TPSA) is 89.5 Å². The number of carboxylic acid groups (broad SMARTS) is 1. The zero-order valence-electron chi connectivity index (χ0n) is 10.4. The van der Waals surface area contributed by atoms with Gasteiger partial charge in [-0.05, 0) is 12.1 Å². The monoisotopic (exact) mass is 271 g/mol. The highest BCUT2D eigenvalue weighted by Gasteiger charge is 2.17. The van der Waals surface area contributed by atoms with Crippen molar-refractivity contribution in [1.29, 1.82) is 0 Å². The Balaban J connectivity index is 2.67. The molecule has 0 atom stereocenters. The molecule has 0 bridgehead atoms. The maximum absolute atomic E-state index is 12.4. The van der Waals surface area contributed by atoms with Gasteiger partial charge in [0.1, 0.15) is 16.8 Å². The Bertz CT molecular complexity index is 980. The van der Waals surface area contributed by atoms with Crippen LogP contribution in [-0.4, -0.2) is 15.6 Å². The minimum Gasteiger partial charge on any atom is -0.477 e. The zero-order chi connectivity index (χ0) is 14.4. The smallest absolute Gasteiger partial charge is 0.352 e. The number of pyridine rings is 1. The molecular formula is C14H9NO5. The van der Waals surface area contributed by atoms with Crippen molar-refractivity contribution >= 4 is 28.0 Å². The fourth-order valence-electron chi connectivity index (χ4n) is 2.22. The van der Waals surface area contributed by atoms with Crippen LogP contribution in [0, 0.1) is 0 Å². The van der Waals surface area contributed by atoms with E-state index in [0.717, 1.165) is 10.6 Å². The van der Waals surface area contributed by atoms with E-state index in [0.29, 0.717) is 11.0 Å². The van der Waals surface area contributed by atoms with Gasteiger partial charge in [-0.15, -0.1) is 0 Å². The van der Waals surface area contributed by atoms with Gasteiger partial charge in [-0.3, -0.25) is 9.59 Å². The molecule has 0 saturated carbocycles. The number of hydrogen-bond donors (Lipinski definition) is 1. The normalized spacial score (nSPS) is 11.1. The Kier molecular flexibility index (Phi) is 2.47. The number of carbonyl (C=O) groups is 1. The van der Waals surface area contributed by atoms with Gasteiger partial charge in [0.2, 0.25) is 16.4 Å². The molecule has 100 valence electrons. The number of para-hydroxylation sites is 1. The van der Waals surface area contributed by atoms with Crippen molar-refractivity contribution in [2.75, 3.05) is 0 Å². The van der Waals surface area contributed by atoms with Gasteiger partial charge in [0.05, 0.1) is 5.39 Å². The van der Waals surface area contributed by atoms with Crippen molar-refractivity contribution in [1.82, 2.24) is 4.57 Å². The highest BCUT2D eigenvalue weighted by Crippen LogP contribution is 2.16. The number of rotatable bonds is 1. The molecule has 0 aliphatic rings. The number of hydrogen-bond acceptors (Lipinski definition) is 4. The second-order valence-corrected chi connectivity index (χ2v) is 4.36. The molecule has 3 rings (SSSR count). The third kappa shape index (κ3) is 1.55. The molecule has 0 amide bonds. The molecule has 1 aromatic carbocycles. The summed E-state index contributed by atoms with van der Waals surface area (Å²) in [7, 11) is 1.41. The first-order valence-corrected chi connectivity index (χ1v) is 5.79. The van der Waals surface area contributed by atoms with E-state index in [1.165, 1.54) is 7.05 Å². The Morgan fingerprint density at radius 2 is 1.95 bits per heavy atom. The van der Waals surface area contributed by atoms with E-state index in [4.69, 9.17) is 9.52 Å². The molecule has 3 aromatic rings. The maximum Gasteiger partial charge on any atom is 0.352 e. The largest absolute Gasteiger partial charge is 0.477 e. The van der Waals surface area contributed by atoms with Gasteiger partial charge in [-0.1, -0.05) is 12.1 Å². The second-order valence-electron chi connectivity index (χ2n) is 4.36. The highest BCUT2D eigenvalue weighted by molar-refractivity contribution is 5.92. The van der Waals surface area contributed by atoms with Gasteiger partial charge >= 0.3 is 5.97 Å². The van der Waals surface area contributed by atoms with Gasteiger partial charge in [0.25, 0.3) is 0 Å². The van der Waals surface area contributed by atoms with Crippen LogP contribution in [0.5, 0.6) is 0 Å².